The first kappa shape index (κ1) is 13.1. The Kier molecular flexibility index (Phi) is 4.04. The molecule has 1 rings (SSSR count). The van der Waals surface area contributed by atoms with Crippen molar-refractivity contribution >= 4 is 34.5 Å². The summed E-state index contributed by atoms with van der Waals surface area (Å²) >= 11 is 6.35. The predicted molar refractivity (Wildman–Crippen MR) is 72.0 cm³/mol. The quantitative estimate of drug-likeness (QED) is 0.811. The van der Waals surface area contributed by atoms with Crippen LogP contribution in [0, 0.1) is 0 Å². The number of amides is 1. The van der Waals surface area contributed by atoms with Crippen LogP contribution in [0.3, 0.4) is 0 Å². The highest BCUT2D eigenvalue weighted by atomic mass is 32.1. The van der Waals surface area contributed by atoms with Crippen molar-refractivity contribution in [2.75, 3.05) is 0 Å². The van der Waals surface area contributed by atoms with Gasteiger partial charge in [-0.05, 0) is 37.3 Å². The smallest absolute Gasteiger partial charge is 0.262 e. The molecule has 0 unspecified atom stereocenters. The van der Waals surface area contributed by atoms with Gasteiger partial charge in [0.1, 0.15) is 0 Å². The molecule has 0 aliphatic rings. The Hall–Kier alpha value is -0.940. The van der Waals surface area contributed by atoms with Gasteiger partial charge in [0.25, 0.3) is 5.91 Å². The van der Waals surface area contributed by atoms with Crippen LogP contribution in [-0.4, -0.2) is 16.4 Å². The van der Waals surface area contributed by atoms with E-state index in [1.165, 1.54) is 11.3 Å². The molecule has 0 radical (unpaired) electrons. The van der Waals surface area contributed by atoms with Crippen LogP contribution in [0.1, 0.15) is 36.0 Å². The molecule has 0 saturated heterocycles. The van der Waals surface area contributed by atoms with E-state index in [4.69, 9.17) is 18.0 Å². The third kappa shape index (κ3) is 2.80. The normalized spacial score (nSPS) is 11.2. The van der Waals surface area contributed by atoms with E-state index in [1.54, 1.807) is 13.8 Å². The van der Waals surface area contributed by atoms with Gasteiger partial charge < -0.3 is 11.1 Å². The van der Waals surface area contributed by atoms with Gasteiger partial charge in [-0.3, -0.25) is 4.79 Å². The van der Waals surface area contributed by atoms with E-state index < -0.39 is 5.54 Å². The lowest BCUT2D eigenvalue weighted by molar-refractivity contribution is 0.0935. The Balaban J connectivity index is 2.85. The van der Waals surface area contributed by atoms with E-state index in [1.807, 2.05) is 18.4 Å². The minimum atomic E-state index is -0.651. The number of thiophene rings is 1. The highest BCUT2D eigenvalue weighted by molar-refractivity contribution is 7.80. The predicted octanol–water partition coefficient (Wildman–Crippen LogP) is 2.11. The maximum Gasteiger partial charge on any atom is 0.262 e. The standard InChI is InChI=1S/C11H16N2OS2/c1-4-7-5-6-16-8(7)9(14)13-11(2,3)10(12)15/h5-6H,4H2,1-3H3,(H2,12,15)(H,13,14). The molecule has 0 aromatic carbocycles. The molecule has 1 aromatic heterocycles. The summed E-state index contributed by atoms with van der Waals surface area (Å²) in [4.78, 5) is 13.0. The molecule has 5 heteroatoms. The van der Waals surface area contributed by atoms with Gasteiger partial charge in [0, 0.05) is 0 Å². The molecule has 0 aliphatic carbocycles. The van der Waals surface area contributed by atoms with Gasteiger partial charge in [0.05, 0.1) is 15.4 Å². The van der Waals surface area contributed by atoms with Gasteiger partial charge in [0.2, 0.25) is 0 Å². The van der Waals surface area contributed by atoms with E-state index in [0.29, 0.717) is 0 Å². The summed E-state index contributed by atoms with van der Waals surface area (Å²) in [5.41, 5.74) is 5.97. The molecule has 3 nitrogen and oxygen atoms in total. The van der Waals surface area contributed by atoms with Gasteiger partial charge in [0.15, 0.2) is 0 Å². The van der Waals surface area contributed by atoms with Crippen molar-refractivity contribution in [3.05, 3.63) is 21.9 Å². The Morgan fingerprint density at radius 2 is 2.25 bits per heavy atom. The first-order valence-electron chi connectivity index (χ1n) is 5.07. The molecule has 1 amide bonds. The lowest BCUT2D eigenvalue weighted by atomic mass is 10.1. The summed E-state index contributed by atoms with van der Waals surface area (Å²) in [5.74, 6) is -0.107. The van der Waals surface area contributed by atoms with Gasteiger partial charge >= 0.3 is 0 Å². The Bertz CT molecular complexity index is 410. The number of aryl methyl sites for hydroxylation is 1. The molecular formula is C11H16N2OS2. The molecule has 16 heavy (non-hydrogen) atoms. The zero-order valence-electron chi connectivity index (χ0n) is 9.66. The van der Waals surface area contributed by atoms with Crippen molar-refractivity contribution in [3.63, 3.8) is 0 Å². The Labute approximate surface area is 105 Å². The van der Waals surface area contributed by atoms with E-state index in [2.05, 4.69) is 5.32 Å². The fourth-order valence-electron chi connectivity index (χ4n) is 1.22. The maximum atomic E-state index is 12.0. The second kappa shape index (κ2) is 4.93. The zero-order valence-corrected chi connectivity index (χ0v) is 11.3. The number of hydrogen-bond acceptors (Lipinski definition) is 3. The van der Waals surface area contributed by atoms with Gasteiger partial charge in [-0.1, -0.05) is 19.1 Å². The largest absolute Gasteiger partial charge is 0.391 e. The third-order valence-electron chi connectivity index (χ3n) is 2.38. The molecule has 3 N–H and O–H groups in total. The third-order valence-corrected chi connectivity index (χ3v) is 3.84. The SMILES string of the molecule is CCc1ccsc1C(=O)NC(C)(C)C(N)=S. The van der Waals surface area contributed by atoms with Crippen molar-refractivity contribution in [1.29, 1.82) is 0 Å². The number of nitrogens with two attached hydrogens (primary N) is 1. The fraction of sp³-hybridized carbons (Fsp3) is 0.455. The summed E-state index contributed by atoms with van der Waals surface area (Å²) < 4.78 is 0. The molecule has 0 fully saturated rings. The van der Waals surface area contributed by atoms with Crippen LogP contribution in [0.5, 0.6) is 0 Å². The molecule has 0 saturated carbocycles. The first-order valence-corrected chi connectivity index (χ1v) is 6.36. The zero-order chi connectivity index (χ0) is 12.3. The summed E-state index contributed by atoms with van der Waals surface area (Å²) in [5, 5.41) is 4.76. The summed E-state index contributed by atoms with van der Waals surface area (Å²) in [6.07, 6.45) is 0.847. The molecule has 0 atom stereocenters. The first-order chi connectivity index (χ1) is 7.38. The summed E-state index contributed by atoms with van der Waals surface area (Å²) in [7, 11) is 0. The number of rotatable bonds is 4. The van der Waals surface area contributed by atoms with Crippen LogP contribution < -0.4 is 11.1 Å². The monoisotopic (exact) mass is 256 g/mol. The number of thiocarbonyl (C=S) groups is 1. The second-order valence-electron chi connectivity index (χ2n) is 4.07. The van der Waals surface area contributed by atoms with Crippen LogP contribution in [-0.2, 0) is 6.42 Å². The molecular weight excluding hydrogens is 240 g/mol. The second-order valence-corrected chi connectivity index (χ2v) is 5.43. The van der Waals surface area contributed by atoms with E-state index in [9.17, 15) is 4.79 Å². The number of carbonyl (C=O) groups excluding carboxylic acids is 1. The summed E-state index contributed by atoms with van der Waals surface area (Å²) in [6, 6.07) is 1.97. The number of nitrogens with one attached hydrogen (secondary N) is 1. The maximum absolute atomic E-state index is 12.0. The van der Waals surface area contributed by atoms with Crippen LogP contribution in [0.25, 0.3) is 0 Å². The topological polar surface area (TPSA) is 55.1 Å². The van der Waals surface area contributed by atoms with Gasteiger partial charge in [-0.25, -0.2) is 0 Å². The molecule has 0 spiro atoms. The molecule has 0 bridgehead atoms. The van der Waals surface area contributed by atoms with Crippen LogP contribution in [0.4, 0.5) is 0 Å². The van der Waals surface area contributed by atoms with Crippen molar-refractivity contribution < 1.29 is 4.79 Å². The van der Waals surface area contributed by atoms with Crippen molar-refractivity contribution in [3.8, 4) is 0 Å². The van der Waals surface area contributed by atoms with Gasteiger partial charge in [-0.2, -0.15) is 0 Å². The molecule has 0 aliphatic heterocycles. The lowest BCUT2D eigenvalue weighted by Gasteiger charge is -2.24. The van der Waals surface area contributed by atoms with E-state index in [-0.39, 0.29) is 10.9 Å². The molecule has 1 aromatic rings. The Morgan fingerprint density at radius 3 is 2.75 bits per heavy atom. The highest BCUT2D eigenvalue weighted by Crippen LogP contribution is 2.18. The van der Waals surface area contributed by atoms with Crippen LogP contribution >= 0.6 is 23.6 Å². The van der Waals surface area contributed by atoms with E-state index >= 15 is 0 Å². The molecule has 88 valence electrons. The van der Waals surface area contributed by atoms with Crippen molar-refractivity contribution in [2.24, 2.45) is 5.73 Å². The average Bonchev–Trinajstić information content (AvgIpc) is 2.64. The van der Waals surface area contributed by atoms with Crippen molar-refractivity contribution in [1.82, 2.24) is 5.32 Å². The van der Waals surface area contributed by atoms with Crippen molar-refractivity contribution in [2.45, 2.75) is 32.7 Å². The summed E-state index contributed by atoms with van der Waals surface area (Å²) in [6.45, 7) is 5.62. The Morgan fingerprint density at radius 1 is 1.62 bits per heavy atom. The van der Waals surface area contributed by atoms with Gasteiger partial charge in [-0.15, -0.1) is 11.3 Å². The van der Waals surface area contributed by atoms with Crippen LogP contribution in [0.2, 0.25) is 0 Å². The van der Waals surface area contributed by atoms with E-state index in [0.717, 1.165) is 16.9 Å². The number of carbonyl (C=O) groups is 1. The fourth-order valence-corrected chi connectivity index (χ4v) is 2.16. The average molecular weight is 256 g/mol. The number of hydrogen-bond donors (Lipinski definition) is 2. The van der Waals surface area contributed by atoms with Crippen LogP contribution in [0.15, 0.2) is 11.4 Å². The minimum absolute atomic E-state index is 0.107. The minimum Gasteiger partial charge on any atom is -0.391 e. The highest BCUT2D eigenvalue weighted by Gasteiger charge is 2.25. The lowest BCUT2D eigenvalue weighted by Crippen LogP contribution is -2.52. The molecule has 1 heterocycles.